The molecular formula is C83H162O17P2. The second-order valence-electron chi connectivity index (χ2n) is 31.8. The molecule has 0 radical (unpaired) electrons. The number of carbonyl (C=O) groups is 4. The van der Waals surface area contributed by atoms with Crippen molar-refractivity contribution < 1.29 is 80.2 Å². The quantitative estimate of drug-likeness (QED) is 0.0222. The molecule has 0 heterocycles. The number of phosphoric ester groups is 2. The number of phosphoric acid groups is 2. The molecule has 0 aromatic rings. The molecule has 19 heteroatoms. The average Bonchev–Trinajstić information content (AvgIpc) is 0.913. The molecule has 606 valence electrons. The molecule has 0 aliphatic heterocycles. The maximum Gasteiger partial charge on any atom is 0.472 e. The number of esters is 4. The molecule has 17 nitrogen and oxygen atoms in total. The Labute approximate surface area is 626 Å². The fraction of sp³-hybridized carbons (Fsp3) is 0.952. The summed E-state index contributed by atoms with van der Waals surface area (Å²) in [6.07, 6.45) is 59.7. The van der Waals surface area contributed by atoms with Gasteiger partial charge in [0.2, 0.25) is 0 Å². The van der Waals surface area contributed by atoms with Crippen molar-refractivity contribution in [2.75, 3.05) is 39.6 Å². The van der Waals surface area contributed by atoms with Crippen molar-refractivity contribution >= 4 is 39.5 Å². The number of aliphatic hydroxyl groups is 1. The zero-order chi connectivity index (χ0) is 75.3. The summed E-state index contributed by atoms with van der Waals surface area (Å²) in [5.41, 5.74) is 0. The molecule has 0 bridgehead atoms. The molecule has 0 aliphatic carbocycles. The highest BCUT2D eigenvalue weighted by molar-refractivity contribution is 7.47. The van der Waals surface area contributed by atoms with Crippen LogP contribution in [0.15, 0.2) is 0 Å². The topological polar surface area (TPSA) is 237 Å². The second kappa shape index (κ2) is 72.0. The molecule has 0 spiro atoms. The van der Waals surface area contributed by atoms with Crippen molar-refractivity contribution in [1.29, 1.82) is 0 Å². The lowest BCUT2D eigenvalue weighted by atomic mass is 10.0. The number of rotatable bonds is 80. The van der Waals surface area contributed by atoms with Gasteiger partial charge >= 0.3 is 39.5 Å². The third kappa shape index (κ3) is 76.3. The molecule has 5 atom stereocenters. The van der Waals surface area contributed by atoms with Gasteiger partial charge in [-0.05, 0) is 49.4 Å². The van der Waals surface area contributed by atoms with E-state index in [-0.39, 0.29) is 25.7 Å². The first-order valence-electron chi connectivity index (χ1n) is 42.7. The minimum absolute atomic E-state index is 0.105. The van der Waals surface area contributed by atoms with Crippen LogP contribution >= 0.6 is 15.6 Å². The third-order valence-electron chi connectivity index (χ3n) is 19.3. The van der Waals surface area contributed by atoms with Gasteiger partial charge in [0.05, 0.1) is 26.4 Å². The van der Waals surface area contributed by atoms with Crippen LogP contribution in [0, 0.1) is 23.7 Å². The van der Waals surface area contributed by atoms with Crippen molar-refractivity contribution in [3.63, 3.8) is 0 Å². The molecule has 0 aromatic carbocycles. The van der Waals surface area contributed by atoms with Gasteiger partial charge in [-0.2, -0.15) is 0 Å². The van der Waals surface area contributed by atoms with Crippen LogP contribution in [0.1, 0.15) is 428 Å². The molecule has 102 heavy (non-hydrogen) atoms. The van der Waals surface area contributed by atoms with Crippen molar-refractivity contribution in [3.8, 4) is 0 Å². The van der Waals surface area contributed by atoms with Crippen LogP contribution in [0.25, 0.3) is 0 Å². The molecule has 0 amide bonds. The first-order valence-corrected chi connectivity index (χ1v) is 45.7. The van der Waals surface area contributed by atoms with E-state index in [0.29, 0.717) is 25.7 Å². The molecule has 0 saturated heterocycles. The first-order chi connectivity index (χ1) is 49.1. The lowest BCUT2D eigenvalue weighted by Crippen LogP contribution is -2.30. The van der Waals surface area contributed by atoms with E-state index in [0.717, 1.165) is 114 Å². The highest BCUT2D eigenvalue weighted by Crippen LogP contribution is 2.45. The van der Waals surface area contributed by atoms with Gasteiger partial charge < -0.3 is 33.8 Å². The maximum atomic E-state index is 13.1. The summed E-state index contributed by atoms with van der Waals surface area (Å²) >= 11 is 0. The predicted octanol–water partition coefficient (Wildman–Crippen LogP) is 24.8. The fourth-order valence-corrected chi connectivity index (χ4v) is 14.4. The normalized spacial score (nSPS) is 14.0. The largest absolute Gasteiger partial charge is 0.472 e. The molecule has 0 aliphatic rings. The average molecular weight is 1490 g/mol. The van der Waals surface area contributed by atoms with Gasteiger partial charge in [-0.3, -0.25) is 37.3 Å². The minimum atomic E-state index is -4.96. The summed E-state index contributed by atoms with van der Waals surface area (Å²) in [4.78, 5) is 73.1. The van der Waals surface area contributed by atoms with Crippen molar-refractivity contribution in [3.05, 3.63) is 0 Å². The van der Waals surface area contributed by atoms with E-state index in [9.17, 15) is 43.2 Å². The van der Waals surface area contributed by atoms with E-state index in [2.05, 4.69) is 55.4 Å². The Bertz CT molecular complexity index is 1990. The Morgan fingerprint density at radius 3 is 0.608 bits per heavy atom. The zero-order valence-electron chi connectivity index (χ0n) is 67.2. The van der Waals surface area contributed by atoms with Gasteiger partial charge in [-0.1, -0.05) is 376 Å². The van der Waals surface area contributed by atoms with Gasteiger partial charge in [0, 0.05) is 25.7 Å². The summed E-state index contributed by atoms with van der Waals surface area (Å²) in [6.45, 7) is 14.3. The molecule has 3 N–H and O–H groups in total. The Hall–Kier alpha value is -1.94. The van der Waals surface area contributed by atoms with Gasteiger partial charge in [-0.25, -0.2) is 9.13 Å². The summed E-state index contributed by atoms with van der Waals surface area (Å²) < 4.78 is 68.8. The van der Waals surface area contributed by atoms with E-state index < -0.39 is 97.5 Å². The number of hydrogen-bond donors (Lipinski definition) is 3. The SMILES string of the molecule is CC(C)CCCCCCCCCCCCCCCCCCCCC(=O)O[C@H](COC(=O)CCCCCCCCCCCCCCCC(C)C)COP(=O)(O)OC[C@@H](O)COP(=O)(O)OC[C@@H](COC(=O)CCCCCCCCCCCC(C)C)OC(=O)CCCCCCCCCCCCC(C)C. The Morgan fingerprint density at radius 2 is 0.412 bits per heavy atom. The highest BCUT2D eigenvalue weighted by Gasteiger charge is 2.30. The lowest BCUT2D eigenvalue weighted by Gasteiger charge is -2.21. The Balaban J connectivity index is 5.24. The molecule has 0 aromatic heterocycles. The zero-order valence-corrected chi connectivity index (χ0v) is 69.0. The molecule has 2 unspecified atom stereocenters. The number of unbranched alkanes of at least 4 members (excludes halogenated alkanes) is 46. The molecule has 0 rings (SSSR count). The van der Waals surface area contributed by atoms with Gasteiger partial charge in [0.15, 0.2) is 12.2 Å². The van der Waals surface area contributed by atoms with Gasteiger partial charge in [0.25, 0.3) is 0 Å². The standard InChI is InChI=1S/C83H162O17P2/c1-73(2)59-51-43-35-27-20-16-13-11-9-10-12-14-18-23-32-41-49-57-65-82(87)99-78(69-93-80(85)63-55-47-39-31-22-19-15-17-21-28-36-44-52-60-74(3)4)71-97-101(89,90)95-67-77(84)68-96-102(91,92)98-72-79(70-94-81(86)64-56-48-40-34-26-30-38-46-54-62-76(7)8)100-83(88)66-58-50-42-33-25-24-29-37-45-53-61-75(5)6/h73-79,84H,9-72H2,1-8H3,(H,89,90)(H,91,92)/t77-,78-,79-/m1/s1. The van der Waals surface area contributed by atoms with Crippen LogP contribution in [0.2, 0.25) is 0 Å². The van der Waals surface area contributed by atoms with Crippen LogP contribution in [0.5, 0.6) is 0 Å². The van der Waals surface area contributed by atoms with Gasteiger partial charge in [-0.15, -0.1) is 0 Å². The Morgan fingerprint density at radius 1 is 0.245 bits per heavy atom. The van der Waals surface area contributed by atoms with E-state index in [1.807, 2.05) is 0 Å². The highest BCUT2D eigenvalue weighted by atomic mass is 31.2. The van der Waals surface area contributed by atoms with Crippen molar-refractivity contribution in [2.45, 2.75) is 446 Å². The van der Waals surface area contributed by atoms with Gasteiger partial charge in [0.1, 0.15) is 19.3 Å². The molecule has 0 saturated carbocycles. The number of aliphatic hydroxyl groups excluding tert-OH is 1. The smallest absolute Gasteiger partial charge is 0.462 e. The monoisotopic (exact) mass is 1490 g/mol. The summed E-state index contributed by atoms with van der Waals surface area (Å²) in [5, 5.41) is 10.7. The summed E-state index contributed by atoms with van der Waals surface area (Å²) in [5.74, 6) is 0.996. The Kier molecular flexibility index (Phi) is 70.6. The van der Waals surface area contributed by atoms with Crippen LogP contribution in [-0.4, -0.2) is 96.7 Å². The molecular weight excluding hydrogens is 1330 g/mol. The van der Waals surface area contributed by atoms with E-state index >= 15 is 0 Å². The number of ether oxygens (including phenoxy) is 4. The van der Waals surface area contributed by atoms with Crippen LogP contribution in [0.3, 0.4) is 0 Å². The number of hydrogen-bond acceptors (Lipinski definition) is 15. The number of carbonyl (C=O) groups excluding carboxylic acids is 4. The maximum absolute atomic E-state index is 13.1. The second-order valence-corrected chi connectivity index (χ2v) is 34.7. The van der Waals surface area contributed by atoms with Crippen LogP contribution < -0.4 is 0 Å². The lowest BCUT2D eigenvalue weighted by molar-refractivity contribution is -0.161. The first kappa shape index (κ1) is 100. The predicted molar refractivity (Wildman–Crippen MR) is 418 cm³/mol. The third-order valence-corrected chi connectivity index (χ3v) is 21.2. The minimum Gasteiger partial charge on any atom is -0.462 e. The van der Waals surface area contributed by atoms with E-state index in [1.165, 1.54) is 231 Å². The van der Waals surface area contributed by atoms with E-state index in [4.69, 9.17) is 37.0 Å². The fourth-order valence-electron chi connectivity index (χ4n) is 12.8. The van der Waals surface area contributed by atoms with E-state index in [1.54, 1.807) is 0 Å². The molecule has 0 fully saturated rings. The summed E-state index contributed by atoms with van der Waals surface area (Å²) in [6, 6.07) is 0. The van der Waals surface area contributed by atoms with Crippen molar-refractivity contribution in [2.24, 2.45) is 23.7 Å². The van der Waals surface area contributed by atoms with Crippen molar-refractivity contribution in [1.82, 2.24) is 0 Å². The van der Waals surface area contributed by atoms with Crippen LogP contribution in [-0.2, 0) is 65.4 Å². The van der Waals surface area contributed by atoms with Crippen LogP contribution in [0.4, 0.5) is 0 Å². The summed E-state index contributed by atoms with van der Waals surface area (Å²) in [7, 11) is -9.93.